The zero-order chi connectivity index (χ0) is 28.8. The Labute approximate surface area is 241 Å². The van der Waals surface area contributed by atoms with E-state index in [1.807, 2.05) is 61.5 Å². The summed E-state index contributed by atoms with van der Waals surface area (Å²) in [6.07, 6.45) is 0. The van der Waals surface area contributed by atoms with Crippen molar-refractivity contribution in [1.29, 1.82) is 0 Å². The van der Waals surface area contributed by atoms with E-state index in [9.17, 15) is 14.4 Å². The third-order valence-electron chi connectivity index (χ3n) is 6.68. The summed E-state index contributed by atoms with van der Waals surface area (Å²) in [6.45, 7) is 2.92. The number of Topliss-reactive ketones (excluding diaryl/α,β-unsaturated/α-hetero) is 1. The van der Waals surface area contributed by atoms with Crippen LogP contribution in [0.1, 0.15) is 32.5 Å². The first-order valence-electron chi connectivity index (χ1n) is 13.3. The topological polar surface area (TPSA) is 95.9 Å². The number of fused-ring (bicyclic) bond motifs is 3. The molecule has 0 aliphatic rings. The molecule has 0 saturated heterocycles. The zero-order valence-corrected chi connectivity index (χ0v) is 23.7. The summed E-state index contributed by atoms with van der Waals surface area (Å²) >= 11 is 1.20. The summed E-state index contributed by atoms with van der Waals surface area (Å²) in [5.74, 6) is 0.285. The molecule has 0 spiro atoms. The molecule has 0 aliphatic carbocycles. The number of benzene rings is 3. The van der Waals surface area contributed by atoms with E-state index in [1.54, 1.807) is 31.4 Å². The predicted octanol–water partition coefficient (Wildman–Crippen LogP) is 5.45. The van der Waals surface area contributed by atoms with Crippen LogP contribution in [0.5, 0.6) is 11.5 Å². The molecule has 8 nitrogen and oxygen atoms in total. The number of carbonyl (C=O) groups excluding carboxylic acids is 2. The fourth-order valence-corrected chi connectivity index (χ4v) is 5.89. The quantitative estimate of drug-likeness (QED) is 0.158. The lowest BCUT2D eigenvalue weighted by Crippen LogP contribution is -2.26. The van der Waals surface area contributed by atoms with Gasteiger partial charge in [-0.2, -0.15) is 0 Å². The van der Waals surface area contributed by atoms with Crippen molar-refractivity contribution in [3.63, 3.8) is 0 Å². The fraction of sp³-hybridized carbons (Fsp3) is 0.219. The van der Waals surface area contributed by atoms with Crippen LogP contribution < -0.4 is 20.3 Å². The molecule has 41 heavy (non-hydrogen) atoms. The predicted molar refractivity (Wildman–Crippen MR) is 161 cm³/mol. The maximum Gasteiger partial charge on any atom is 0.265 e. The van der Waals surface area contributed by atoms with E-state index in [2.05, 4.69) is 5.32 Å². The van der Waals surface area contributed by atoms with E-state index in [4.69, 9.17) is 14.2 Å². The van der Waals surface area contributed by atoms with Gasteiger partial charge in [-0.25, -0.2) is 0 Å². The van der Waals surface area contributed by atoms with Gasteiger partial charge in [-0.3, -0.25) is 19.0 Å². The average molecular weight is 571 g/mol. The summed E-state index contributed by atoms with van der Waals surface area (Å²) in [6, 6.07) is 23.7. The molecule has 3 aromatic carbocycles. The van der Waals surface area contributed by atoms with Crippen molar-refractivity contribution in [3.8, 4) is 11.5 Å². The molecule has 0 aliphatic heterocycles. The van der Waals surface area contributed by atoms with Crippen LogP contribution in [0.15, 0.2) is 83.7 Å². The van der Waals surface area contributed by atoms with E-state index in [1.165, 1.54) is 15.9 Å². The van der Waals surface area contributed by atoms with Crippen LogP contribution in [-0.4, -0.2) is 43.2 Å². The van der Waals surface area contributed by atoms with E-state index >= 15 is 0 Å². The number of rotatable bonds is 12. The Morgan fingerprint density at radius 2 is 1.66 bits per heavy atom. The summed E-state index contributed by atoms with van der Waals surface area (Å²) in [7, 11) is 1.58. The number of hydrogen-bond donors (Lipinski definition) is 1. The molecule has 0 atom stereocenters. The first-order valence-corrected chi connectivity index (χ1v) is 14.1. The lowest BCUT2D eigenvalue weighted by atomic mass is 10.1. The zero-order valence-electron chi connectivity index (χ0n) is 22.8. The van der Waals surface area contributed by atoms with Gasteiger partial charge in [-0.1, -0.05) is 66.7 Å². The van der Waals surface area contributed by atoms with Crippen LogP contribution in [0.2, 0.25) is 0 Å². The first-order chi connectivity index (χ1) is 20.0. The average Bonchev–Trinajstić information content (AvgIpc) is 3.40. The van der Waals surface area contributed by atoms with Crippen LogP contribution in [0.25, 0.3) is 21.0 Å². The molecule has 9 heteroatoms. The maximum absolute atomic E-state index is 14.1. The van der Waals surface area contributed by atoms with Crippen molar-refractivity contribution in [2.75, 3.05) is 26.9 Å². The lowest BCUT2D eigenvalue weighted by molar-refractivity contribution is 0.0938. The maximum atomic E-state index is 14.1. The van der Waals surface area contributed by atoms with Crippen molar-refractivity contribution < 1.29 is 23.8 Å². The monoisotopic (exact) mass is 570 g/mol. The Bertz CT molecular complexity index is 1760. The number of aromatic nitrogens is 1. The van der Waals surface area contributed by atoms with Crippen molar-refractivity contribution in [1.82, 2.24) is 9.88 Å². The normalized spacial score (nSPS) is 11.1. The minimum atomic E-state index is -0.394. The molecule has 210 valence electrons. The van der Waals surface area contributed by atoms with Gasteiger partial charge in [0.05, 0.1) is 30.5 Å². The number of para-hydroxylation sites is 2. The van der Waals surface area contributed by atoms with Gasteiger partial charge < -0.3 is 19.5 Å². The number of methoxy groups -OCH3 is 1. The summed E-state index contributed by atoms with van der Waals surface area (Å²) < 4.78 is 19.0. The molecule has 0 fully saturated rings. The van der Waals surface area contributed by atoms with Crippen LogP contribution in [0.3, 0.4) is 0 Å². The third-order valence-corrected chi connectivity index (χ3v) is 7.88. The molecule has 0 saturated carbocycles. The number of pyridine rings is 1. The van der Waals surface area contributed by atoms with Crippen molar-refractivity contribution in [3.05, 3.63) is 105 Å². The van der Waals surface area contributed by atoms with Gasteiger partial charge >= 0.3 is 0 Å². The highest BCUT2D eigenvalue weighted by Crippen LogP contribution is 2.40. The molecule has 0 bridgehead atoms. The van der Waals surface area contributed by atoms with Crippen molar-refractivity contribution in [2.24, 2.45) is 0 Å². The third kappa shape index (κ3) is 5.86. The van der Waals surface area contributed by atoms with Crippen LogP contribution in [0, 0.1) is 0 Å². The van der Waals surface area contributed by atoms with Crippen LogP contribution in [-0.2, 0) is 17.8 Å². The summed E-state index contributed by atoms with van der Waals surface area (Å²) in [4.78, 5) is 41.1. The molecule has 2 heterocycles. The number of hydrogen-bond acceptors (Lipinski definition) is 7. The van der Waals surface area contributed by atoms with Crippen molar-refractivity contribution in [2.45, 2.75) is 20.0 Å². The number of carbonyl (C=O) groups is 2. The standard InChI is InChI=1S/C32H30N2O6S/c1-3-39-17-18-40-28-27-29(41-30(28)31(36)33-19-22-13-7-10-16-26(22)38-2)23-14-8-9-15-24(23)34(32(27)37)20-25(35)21-11-5-4-6-12-21/h4-16H,3,17-20H2,1-2H3,(H,33,36). The smallest absolute Gasteiger partial charge is 0.265 e. The molecule has 2 aromatic heterocycles. The highest BCUT2D eigenvalue weighted by atomic mass is 32.1. The largest absolute Gasteiger partial charge is 0.496 e. The van der Waals surface area contributed by atoms with Crippen LogP contribution >= 0.6 is 11.3 Å². The molecule has 1 N–H and O–H groups in total. The van der Waals surface area contributed by atoms with Gasteiger partial charge in [-0.05, 0) is 19.1 Å². The number of nitrogens with zero attached hydrogens (tertiary/aromatic N) is 1. The first kappa shape index (κ1) is 28.1. The molecule has 0 radical (unpaired) electrons. The number of amides is 1. The van der Waals surface area contributed by atoms with Crippen molar-refractivity contribution >= 4 is 44.0 Å². The lowest BCUT2D eigenvalue weighted by Gasteiger charge is -2.13. The Morgan fingerprint density at radius 1 is 0.927 bits per heavy atom. The van der Waals surface area contributed by atoms with E-state index in [0.717, 1.165) is 10.9 Å². The number of ketones is 1. The second-order valence-corrected chi connectivity index (χ2v) is 10.2. The van der Waals surface area contributed by atoms with Gasteiger partial charge in [0, 0.05) is 29.7 Å². The van der Waals surface area contributed by atoms with Gasteiger partial charge in [0.25, 0.3) is 11.5 Å². The molecule has 5 aromatic rings. The number of thiophene rings is 1. The highest BCUT2D eigenvalue weighted by molar-refractivity contribution is 7.22. The van der Waals surface area contributed by atoms with Gasteiger partial charge in [0.2, 0.25) is 0 Å². The number of ether oxygens (including phenoxy) is 3. The van der Waals surface area contributed by atoms with Gasteiger partial charge in [0.15, 0.2) is 11.5 Å². The van der Waals surface area contributed by atoms with E-state index in [0.29, 0.717) is 34.7 Å². The summed E-state index contributed by atoms with van der Waals surface area (Å²) in [5, 5.41) is 3.97. The molecule has 1 amide bonds. The highest BCUT2D eigenvalue weighted by Gasteiger charge is 2.26. The molecular weight excluding hydrogens is 540 g/mol. The van der Waals surface area contributed by atoms with Gasteiger partial charge in [0.1, 0.15) is 22.6 Å². The van der Waals surface area contributed by atoms with E-state index in [-0.39, 0.29) is 47.4 Å². The minimum absolute atomic E-state index is 0.150. The second kappa shape index (κ2) is 12.8. The molecule has 0 unspecified atom stereocenters. The minimum Gasteiger partial charge on any atom is -0.496 e. The Balaban J connectivity index is 1.61. The number of nitrogens with one attached hydrogen (secondary N) is 1. The Hall–Kier alpha value is -4.47. The Kier molecular flexibility index (Phi) is 8.76. The van der Waals surface area contributed by atoms with Gasteiger partial charge in [-0.15, -0.1) is 11.3 Å². The summed E-state index contributed by atoms with van der Waals surface area (Å²) in [5.41, 5.74) is 1.54. The molecular formula is C32H30N2O6S. The Morgan fingerprint density at radius 3 is 2.44 bits per heavy atom. The van der Waals surface area contributed by atoms with E-state index < -0.39 is 5.56 Å². The fourth-order valence-electron chi connectivity index (χ4n) is 4.70. The second-order valence-electron chi connectivity index (χ2n) is 9.20. The molecule has 5 rings (SSSR count). The SMILES string of the molecule is CCOCCOc1c(C(=O)NCc2ccccc2OC)sc2c1c(=O)n(CC(=O)c1ccccc1)c1ccccc21. The van der Waals surface area contributed by atoms with Crippen LogP contribution in [0.4, 0.5) is 0 Å².